The first kappa shape index (κ1) is 11.1. The van der Waals surface area contributed by atoms with Gasteiger partial charge in [-0.3, -0.25) is 9.69 Å². The molecule has 0 saturated carbocycles. The average molecular weight is 228 g/mol. The molecule has 88 valence electrons. The van der Waals surface area contributed by atoms with Crippen molar-refractivity contribution >= 4 is 6.47 Å². The molecule has 1 saturated heterocycles. The van der Waals surface area contributed by atoms with Crippen molar-refractivity contribution in [2.24, 2.45) is 0 Å². The lowest BCUT2D eigenvalue weighted by molar-refractivity contribution is -0.130. The van der Waals surface area contributed by atoms with Gasteiger partial charge in [0, 0.05) is 13.1 Å². The summed E-state index contributed by atoms with van der Waals surface area (Å²) in [5.74, 6) is 0. The van der Waals surface area contributed by atoms with Crippen molar-refractivity contribution in [3.05, 3.63) is 18.4 Å². The monoisotopic (exact) mass is 228 g/mol. The van der Waals surface area contributed by atoms with Gasteiger partial charge in [-0.15, -0.1) is 0 Å². The predicted octanol–water partition coefficient (Wildman–Crippen LogP) is 0.932. The van der Waals surface area contributed by atoms with Crippen molar-refractivity contribution in [3.8, 4) is 0 Å². The Bertz CT molecular complexity index is 331. The fourth-order valence-electron chi connectivity index (χ4n) is 1.92. The van der Waals surface area contributed by atoms with Gasteiger partial charge < -0.3 is 9.15 Å². The fraction of sp³-hybridized carbons (Fsp3) is 0.600. The minimum atomic E-state index is -0.814. The highest BCUT2D eigenvalue weighted by Gasteiger charge is 2.30. The number of oxazole rings is 1. The molecule has 1 aliphatic heterocycles. The zero-order valence-electron chi connectivity index (χ0n) is 8.71. The number of nitrogens with zero attached hydrogens (tertiary/aromatic N) is 2. The summed E-state index contributed by atoms with van der Waals surface area (Å²) in [7, 11) is 0. The fourth-order valence-corrected chi connectivity index (χ4v) is 1.92. The van der Waals surface area contributed by atoms with E-state index in [1.807, 2.05) is 4.90 Å². The van der Waals surface area contributed by atoms with Crippen LogP contribution >= 0.6 is 0 Å². The number of alkyl halides is 1. The van der Waals surface area contributed by atoms with E-state index in [0.29, 0.717) is 31.7 Å². The average Bonchev–Trinajstić information content (AvgIpc) is 2.91. The molecule has 1 aromatic rings. The molecule has 1 aliphatic rings. The summed E-state index contributed by atoms with van der Waals surface area (Å²) in [5.41, 5.74) is 0.663. The first-order valence-electron chi connectivity index (χ1n) is 5.12. The van der Waals surface area contributed by atoms with Crippen LogP contribution in [0.1, 0.15) is 18.2 Å². The second kappa shape index (κ2) is 5.07. The van der Waals surface area contributed by atoms with Crippen LogP contribution in [0, 0.1) is 0 Å². The third-order valence-corrected chi connectivity index (χ3v) is 2.72. The molecule has 2 atom stereocenters. The van der Waals surface area contributed by atoms with Crippen molar-refractivity contribution in [2.75, 3.05) is 19.7 Å². The molecular formula is C10H13FN2O3. The van der Waals surface area contributed by atoms with Gasteiger partial charge in [0.15, 0.2) is 6.39 Å². The number of aromatic nitrogens is 1. The number of carbonyl (C=O) groups excluding carboxylic acids is 1. The third kappa shape index (κ3) is 2.38. The largest absolute Gasteiger partial charge is 0.466 e. The standard InChI is InChI=1S/C10H13FN2O3/c11-8-1-2-13(3-8)10(5-16-7-14)9-4-15-6-12-9/h4,6-8,10H,1-3,5H2/t8-,10?/m1/s1. The topological polar surface area (TPSA) is 55.6 Å². The summed E-state index contributed by atoms with van der Waals surface area (Å²) < 4.78 is 22.7. The number of ether oxygens (including phenoxy) is 1. The highest BCUT2D eigenvalue weighted by Crippen LogP contribution is 2.25. The Kier molecular flexibility index (Phi) is 3.51. The summed E-state index contributed by atoms with van der Waals surface area (Å²) in [4.78, 5) is 16.1. The predicted molar refractivity (Wildman–Crippen MR) is 52.3 cm³/mol. The molecule has 1 unspecified atom stereocenters. The van der Waals surface area contributed by atoms with Crippen molar-refractivity contribution in [2.45, 2.75) is 18.6 Å². The highest BCUT2D eigenvalue weighted by molar-refractivity contribution is 5.37. The summed E-state index contributed by atoms with van der Waals surface area (Å²) in [6.45, 7) is 1.54. The van der Waals surface area contributed by atoms with Crippen LogP contribution in [-0.4, -0.2) is 42.2 Å². The number of rotatable bonds is 5. The number of halogens is 1. The molecule has 0 N–H and O–H groups in total. The molecule has 5 nitrogen and oxygen atoms in total. The minimum absolute atomic E-state index is 0.169. The van der Waals surface area contributed by atoms with Crippen LogP contribution in [0.2, 0.25) is 0 Å². The summed E-state index contributed by atoms with van der Waals surface area (Å²) in [6, 6.07) is -0.218. The Morgan fingerprint density at radius 2 is 2.69 bits per heavy atom. The summed E-state index contributed by atoms with van der Waals surface area (Å²) >= 11 is 0. The van der Waals surface area contributed by atoms with Crippen molar-refractivity contribution in [1.29, 1.82) is 0 Å². The van der Waals surface area contributed by atoms with Gasteiger partial charge in [0.1, 0.15) is 19.0 Å². The van der Waals surface area contributed by atoms with E-state index in [1.165, 1.54) is 12.7 Å². The second-order valence-corrected chi connectivity index (χ2v) is 3.74. The normalized spacial score (nSPS) is 23.2. The van der Waals surface area contributed by atoms with Gasteiger partial charge in [-0.05, 0) is 6.42 Å². The first-order chi connectivity index (χ1) is 7.81. The smallest absolute Gasteiger partial charge is 0.293 e. The molecule has 0 aromatic carbocycles. The van der Waals surface area contributed by atoms with Crippen LogP contribution < -0.4 is 0 Å². The number of hydrogen-bond acceptors (Lipinski definition) is 5. The van der Waals surface area contributed by atoms with Gasteiger partial charge in [0.05, 0.1) is 11.7 Å². The Balaban J connectivity index is 2.05. The number of carbonyl (C=O) groups is 1. The van der Waals surface area contributed by atoms with Gasteiger partial charge in [-0.1, -0.05) is 0 Å². The maximum atomic E-state index is 13.1. The van der Waals surface area contributed by atoms with E-state index < -0.39 is 6.17 Å². The molecule has 16 heavy (non-hydrogen) atoms. The van der Waals surface area contributed by atoms with Crippen LogP contribution in [0.3, 0.4) is 0 Å². The first-order valence-corrected chi connectivity index (χ1v) is 5.12. The number of hydrogen-bond donors (Lipinski definition) is 0. The van der Waals surface area contributed by atoms with E-state index in [0.717, 1.165) is 0 Å². The SMILES string of the molecule is O=COCC(c1cocn1)N1CC[C@@H](F)C1. The second-order valence-electron chi connectivity index (χ2n) is 3.74. The van der Waals surface area contributed by atoms with E-state index >= 15 is 0 Å². The van der Waals surface area contributed by atoms with E-state index in [1.54, 1.807) is 0 Å². The van der Waals surface area contributed by atoms with Crippen LogP contribution in [0.4, 0.5) is 4.39 Å². The van der Waals surface area contributed by atoms with Crippen LogP contribution in [0.15, 0.2) is 17.1 Å². The van der Waals surface area contributed by atoms with Gasteiger partial charge in [-0.25, -0.2) is 9.37 Å². The number of likely N-dealkylation sites (tertiary alicyclic amines) is 1. The van der Waals surface area contributed by atoms with E-state index in [4.69, 9.17) is 9.15 Å². The zero-order valence-corrected chi connectivity index (χ0v) is 8.71. The molecule has 2 rings (SSSR count). The van der Waals surface area contributed by atoms with Crippen LogP contribution in [0.25, 0.3) is 0 Å². The quantitative estimate of drug-likeness (QED) is 0.702. The van der Waals surface area contributed by atoms with Gasteiger partial charge >= 0.3 is 0 Å². The van der Waals surface area contributed by atoms with Crippen molar-refractivity contribution in [3.63, 3.8) is 0 Å². The lowest BCUT2D eigenvalue weighted by Crippen LogP contribution is -2.30. The lowest BCUT2D eigenvalue weighted by Gasteiger charge is -2.24. The maximum Gasteiger partial charge on any atom is 0.293 e. The molecule has 2 heterocycles. The molecule has 0 aliphatic carbocycles. The summed E-state index contributed by atoms with van der Waals surface area (Å²) in [6.07, 6.45) is 2.50. The molecule has 1 aromatic heterocycles. The third-order valence-electron chi connectivity index (χ3n) is 2.72. The molecule has 0 spiro atoms. The zero-order chi connectivity index (χ0) is 11.4. The van der Waals surface area contributed by atoms with Gasteiger partial charge in [0.2, 0.25) is 0 Å². The Labute approximate surface area is 92.2 Å². The molecule has 0 amide bonds. The molecule has 0 radical (unpaired) electrons. The molecule has 0 bridgehead atoms. The van der Waals surface area contributed by atoms with Crippen molar-refractivity contribution < 1.29 is 18.3 Å². The highest BCUT2D eigenvalue weighted by atomic mass is 19.1. The van der Waals surface area contributed by atoms with Crippen molar-refractivity contribution in [1.82, 2.24) is 9.88 Å². The molecule has 6 heteroatoms. The Morgan fingerprint density at radius 1 is 1.81 bits per heavy atom. The van der Waals surface area contributed by atoms with Crippen LogP contribution in [-0.2, 0) is 9.53 Å². The summed E-state index contributed by atoms with van der Waals surface area (Å²) in [5, 5.41) is 0. The van der Waals surface area contributed by atoms with Gasteiger partial charge in [0.25, 0.3) is 6.47 Å². The Morgan fingerprint density at radius 3 is 3.25 bits per heavy atom. The van der Waals surface area contributed by atoms with E-state index in [9.17, 15) is 9.18 Å². The Hall–Kier alpha value is -1.43. The molecular weight excluding hydrogens is 215 g/mol. The molecule has 1 fully saturated rings. The van der Waals surface area contributed by atoms with Crippen LogP contribution in [0.5, 0.6) is 0 Å². The lowest BCUT2D eigenvalue weighted by atomic mass is 10.2. The minimum Gasteiger partial charge on any atom is -0.466 e. The van der Waals surface area contributed by atoms with E-state index in [2.05, 4.69) is 4.98 Å². The van der Waals surface area contributed by atoms with E-state index in [-0.39, 0.29) is 12.6 Å². The maximum absolute atomic E-state index is 13.1. The van der Waals surface area contributed by atoms with Gasteiger partial charge in [-0.2, -0.15) is 0 Å².